The van der Waals surface area contributed by atoms with Crippen LogP contribution in [-0.2, 0) is 5.41 Å². The van der Waals surface area contributed by atoms with Gasteiger partial charge in [-0.25, -0.2) is 4.98 Å². The van der Waals surface area contributed by atoms with E-state index in [2.05, 4.69) is 10.4 Å². The van der Waals surface area contributed by atoms with Crippen molar-refractivity contribution >= 4 is 23.7 Å². The van der Waals surface area contributed by atoms with Gasteiger partial charge in [-0.15, -0.1) is 23.7 Å². The lowest BCUT2D eigenvalue weighted by molar-refractivity contribution is -0.00692. The Kier molecular flexibility index (Phi) is 2.56. The number of nitrogens with zero attached hydrogens (tertiary/aromatic N) is 1. The van der Waals surface area contributed by atoms with Gasteiger partial charge in [0, 0.05) is 10.8 Å². The third-order valence-electron chi connectivity index (χ3n) is 5.01. The first-order chi connectivity index (χ1) is 7.34. The van der Waals surface area contributed by atoms with E-state index >= 15 is 0 Å². The summed E-state index contributed by atoms with van der Waals surface area (Å²) in [6.07, 6.45) is 8.93. The minimum atomic E-state index is 0. The number of aromatic nitrogens is 1. The lowest BCUT2D eigenvalue weighted by Crippen LogP contribution is -2.48. The summed E-state index contributed by atoms with van der Waals surface area (Å²) < 4.78 is 0. The van der Waals surface area contributed by atoms with Gasteiger partial charge in [0.1, 0.15) is 0 Å². The van der Waals surface area contributed by atoms with Crippen LogP contribution in [0.4, 0.5) is 0 Å². The van der Waals surface area contributed by atoms with E-state index in [4.69, 9.17) is 0 Å². The number of halogens is 1. The van der Waals surface area contributed by atoms with Gasteiger partial charge >= 0.3 is 0 Å². The van der Waals surface area contributed by atoms with Crippen LogP contribution in [0.5, 0.6) is 0 Å². The van der Waals surface area contributed by atoms with E-state index in [9.17, 15) is 0 Å². The maximum atomic E-state index is 4.62. The van der Waals surface area contributed by atoms with Crippen molar-refractivity contribution in [1.29, 1.82) is 0 Å². The van der Waals surface area contributed by atoms with E-state index in [-0.39, 0.29) is 12.4 Å². The molecule has 0 aromatic carbocycles. The van der Waals surface area contributed by atoms with E-state index in [0.29, 0.717) is 5.41 Å². The molecule has 0 amide bonds. The zero-order chi connectivity index (χ0) is 9.88. The van der Waals surface area contributed by atoms with Crippen LogP contribution in [0.15, 0.2) is 10.9 Å². The highest BCUT2D eigenvalue weighted by atomic mass is 35.5. The molecule has 0 spiro atoms. The van der Waals surface area contributed by atoms with E-state index in [0.717, 1.165) is 17.8 Å². The fourth-order valence-electron chi connectivity index (χ4n) is 4.90. The molecule has 0 N–H and O–H groups in total. The maximum Gasteiger partial charge on any atom is 0.0794 e. The van der Waals surface area contributed by atoms with Crippen LogP contribution in [0.25, 0.3) is 0 Å². The van der Waals surface area contributed by atoms with Crippen molar-refractivity contribution in [3.05, 3.63) is 16.6 Å². The van der Waals surface area contributed by atoms with Crippen molar-refractivity contribution in [3.8, 4) is 0 Å². The Hall–Kier alpha value is -0.0800. The second-order valence-corrected chi connectivity index (χ2v) is 6.79. The smallest absolute Gasteiger partial charge is 0.0794 e. The molecule has 16 heavy (non-hydrogen) atoms. The topological polar surface area (TPSA) is 12.9 Å². The van der Waals surface area contributed by atoms with Crippen molar-refractivity contribution in [2.75, 3.05) is 0 Å². The predicted octanol–water partition coefficient (Wildman–Crippen LogP) is 4.03. The standard InChI is InChI=1S/C13H17NS.ClH/c1-9-2-11-3-10(1)5-13(4-9,6-11)12-7-15-8-14-12;/h7-11H,1-6H2;1H. The molecule has 4 bridgehead atoms. The fourth-order valence-corrected chi connectivity index (χ4v) is 5.57. The average molecular weight is 256 g/mol. The Bertz CT molecular complexity index is 338. The van der Waals surface area contributed by atoms with Gasteiger partial charge in [-0.1, -0.05) is 0 Å². The van der Waals surface area contributed by atoms with Crippen LogP contribution in [0.1, 0.15) is 44.2 Å². The van der Waals surface area contributed by atoms with Gasteiger partial charge in [0.05, 0.1) is 11.2 Å². The number of hydrogen-bond acceptors (Lipinski definition) is 2. The Labute approximate surface area is 107 Å². The number of thiazole rings is 1. The highest BCUT2D eigenvalue weighted by Gasteiger charge is 2.52. The summed E-state index contributed by atoms with van der Waals surface area (Å²) in [6.45, 7) is 0. The van der Waals surface area contributed by atoms with Crippen molar-refractivity contribution in [3.63, 3.8) is 0 Å². The second-order valence-electron chi connectivity index (χ2n) is 6.07. The molecule has 4 aliphatic carbocycles. The highest BCUT2D eigenvalue weighted by molar-refractivity contribution is 7.07. The zero-order valence-corrected chi connectivity index (χ0v) is 11.0. The molecule has 88 valence electrons. The average Bonchev–Trinajstić information content (AvgIpc) is 2.67. The second kappa shape index (κ2) is 3.71. The van der Waals surface area contributed by atoms with Crippen LogP contribution in [0.2, 0.25) is 0 Å². The van der Waals surface area contributed by atoms with Gasteiger partial charge in [0.15, 0.2) is 0 Å². The first-order valence-corrected chi connectivity index (χ1v) is 7.17. The SMILES string of the molecule is Cl.c1nc(C23CC4CC(CC(C4)C2)C3)cs1. The van der Waals surface area contributed by atoms with Gasteiger partial charge in [-0.3, -0.25) is 0 Å². The minimum Gasteiger partial charge on any atom is -0.249 e. The van der Waals surface area contributed by atoms with Crippen molar-refractivity contribution in [2.45, 2.75) is 43.9 Å². The molecular weight excluding hydrogens is 238 g/mol. The summed E-state index contributed by atoms with van der Waals surface area (Å²) in [5.41, 5.74) is 3.98. The molecule has 1 heterocycles. The van der Waals surface area contributed by atoms with E-state index in [1.165, 1.54) is 44.2 Å². The minimum absolute atomic E-state index is 0. The molecule has 5 rings (SSSR count). The van der Waals surface area contributed by atoms with Crippen molar-refractivity contribution in [1.82, 2.24) is 4.98 Å². The quantitative estimate of drug-likeness (QED) is 0.738. The van der Waals surface area contributed by atoms with Crippen LogP contribution in [0.3, 0.4) is 0 Å². The normalized spacial score (nSPS) is 44.4. The Morgan fingerprint density at radius 3 is 2.06 bits per heavy atom. The predicted molar refractivity (Wildman–Crippen MR) is 69.2 cm³/mol. The van der Waals surface area contributed by atoms with E-state index in [1.807, 2.05) is 5.51 Å². The monoisotopic (exact) mass is 255 g/mol. The molecule has 0 radical (unpaired) electrons. The Balaban J connectivity index is 0.000000810. The fraction of sp³-hybridized carbons (Fsp3) is 0.769. The van der Waals surface area contributed by atoms with Crippen LogP contribution in [-0.4, -0.2) is 4.98 Å². The summed E-state index contributed by atoms with van der Waals surface area (Å²) >= 11 is 1.78. The summed E-state index contributed by atoms with van der Waals surface area (Å²) in [6, 6.07) is 0. The lowest BCUT2D eigenvalue weighted by atomic mass is 9.49. The summed E-state index contributed by atoms with van der Waals surface area (Å²) in [4.78, 5) is 4.62. The Morgan fingerprint density at radius 1 is 1.06 bits per heavy atom. The zero-order valence-electron chi connectivity index (χ0n) is 9.39. The first kappa shape index (κ1) is 11.0. The van der Waals surface area contributed by atoms with Crippen molar-refractivity contribution in [2.24, 2.45) is 17.8 Å². The third-order valence-corrected chi connectivity index (χ3v) is 5.60. The largest absolute Gasteiger partial charge is 0.249 e. The van der Waals surface area contributed by atoms with Crippen LogP contribution < -0.4 is 0 Å². The molecule has 0 unspecified atom stereocenters. The molecule has 1 aromatic heterocycles. The molecule has 0 aliphatic heterocycles. The van der Waals surface area contributed by atoms with Crippen LogP contribution in [0, 0.1) is 17.8 Å². The summed E-state index contributed by atoms with van der Waals surface area (Å²) in [7, 11) is 0. The molecule has 4 aliphatic rings. The summed E-state index contributed by atoms with van der Waals surface area (Å²) in [5.74, 6) is 3.12. The molecule has 1 nitrogen and oxygen atoms in total. The molecule has 3 heteroatoms. The molecule has 4 saturated carbocycles. The van der Waals surface area contributed by atoms with Crippen LogP contribution >= 0.6 is 23.7 Å². The van der Waals surface area contributed by atoms with Gasteiger partial charge in [0.2, 0.25) is 0 Å². The lowest BCUT2D eigenvalue weighted by Gasteiger charge is -2.56. The maximum absolute atomic E-state index is 4.62. The van der Waals surface area contributed by atoms with Gasteiger partial charge in [-0.05, 0) is 56.3 Å². The first-order valence-electron chi connectivity index (χ1n) is 6.23. The van der Waals surface area contributed by atoms with Crippen molar-refractivity contribution < 1.29 is 0 Å². The molecule has 0 saturated heterocycles. The summed E-state index contributed by atoms with van der Waals surface area (Å²) in [5, 5.41) is 2.31. The molecule has 0 atom stereocenters. The van der Waals surface area contributed by atoms with Gasteiger partial charge < -0.3 is 0 Å². The van der Waals surface area contributed by atoms with E-state index in [1.54, 1.807) is 11.3 Å². The van der Waals surface area contributed by atoms with Gasteiger partial charge in [0.25, 0.3) is 0 Å². The van der Waals surface area contributed by atoms with Gasteiger partial charge in [-0.2, -0.15) is 0 Å². The number of rotatable bonds is 1. The number of hydrogen-bond donors (Lipinski definition) is 0. The highest BCUT2D eigenvalue weighted by Crippen LogP contribution is 2.60. The molecular formula is C13H18ClNS. The molecule has 4 fully saturated rings. The van der Waals surface area contributed by atoms with E-state index < -0.39 is 0 Å². The molecule has 1 aromatic rings. The third kappa shape index (κ3) is 1.46. The Morgan fingerprint density at radius 2 is 1.62 bits per heavy atom.